The van der Waals surface area contributed by atoms with Crippen LogP contribution in [0.15, 0.2) is 17.3 Å². The normalized spacial score (nSPS) is 15.3. The summed E-state index contributed by atoms with van der Waals surface area (Å²) < 4.78 is 0. The summed E-state index contributed by atoms with van der Waals surface area (Å²) in [5.41, 5.74) is 3.91. The Morgan fingerprint density at radius 3 is 3.00 bits per heavy atom. The van der Waals surface area contributed by atoms with Crippen molar-refractivity contribution >= 4 is 23.5 Å². The summed E-state index contributed by atoms with van der Waals surface area (Å²) >= 11 is 5.76. The van der Waals surface area contributed by atoms with Crippen molar-refractivity contribution in [1.29, 1.82) is 0 Å². The van der Waals surface area contributed by atoms with E-state index in [1.54, 1.807) is 6.92 Å². The first-order valence-corrected chi connectivity index (χ1v) is 7.88. The number of alkyl halides is 1. The molecule has 1 heterocycles. The monoisotopic (exact) mass is 325 g/mol. The molecule has 1 N–H and O–H groups in total. The van der Waals surface area contributed by atoms with Gasteiger partial charge in [-0.25, -0.2) is 0 Å². The first kappa shape index (κ1) is 16.5. The van der Waals surface area contributed by atoms with Crippen LogP contribution in [-0.4, -0.2) is 41.4 Å². The van der Waals surface area contributed by atoms with Gasteiger partial charge >= 0.3 is 0 Å². The number of rotatable bonds is 7. The highest BCUT2D eigenvalue weighted by Gasteiger charge is 2.24. The van der Waals surface area contributed by atoms with Gasteiger partial charge in [-0.05, 0) is 30.0 Å². The summed E-state index contributed by atoms with van der Waals surface area (Å²) in [6.45, 7) is 3.35. The van der Waals surface area contributed by atoms with Crippen LogP contribution in [0.1, 0.15) is 30.0 Å². The quantitative estimate of drug-likeness (QED) is 0.275. The zero-order valence-corrected chi connectivity index (χ0v) is 13.3. The van der Waals surface area contributed by atoms with E-state index < -0.39 is 6.04 Å². The molecule has 2 rings (SSSR count). The fourth-order valence-corrected chi connectivity index (χ4v) is 3.02. The Bertz CT molecular complexity index is 577. The van der Waals surface area contributed by atoms with E-state index in [0.29, 0.717) is 12.3 Å². The van der Waals surface area contributed by atoms with Crippen molar-refractivity contribution in [2.24, 2.45) is 5.16 Å². The van der Waals surface area contributed by atoms with Gasteiger partial charge < -0.3 is 10.1 Å². The van der Waals surface area contributed by atoms with Gasteiger partial charge in [-0.15, -0.1) is 11.6 Å². The van der Waals surface area contributed by atoms with Crippen LogP contribution in [0, 0.1) is 10.1 Å². The summed E-state index contributed by atoms with van der Waals surface area (Å²) in [7, 11) is 0. The smallest absolute Gasteiger partial charge is 0.214 e. The third kappa shape index (κ3) is 3.68. The highest BCUT2D eigenvalue weighted by molar-refractivity contribution is 6.17. The maximum Gasteiger partial charge on any atom is 0.214 e. The summed E-state index contributed by atoms with van der Waals surface area (Å²) in [4.78, 5) is 12.8. The van der Waals surface area contributed by atoms with Crippen LogP contribution >= 0.6 is 11.6 Å². The van der Waals surface area contributed by atoms with Gasteiger partial charge in [0.05, 0.1) is 6.21 Å². The van der Waals surface area contributed by atoms with Crippen LogP contribution in [0.2, 0.25) is 0 Å². The van der Waals surface area contributed by atoms with Crippen LogP contribution in [0.3, 0.4) is 0 Å². The molecule has 0 saturated heterocycles. The molecule has 0 radical (unpaired) electrons. The number of fused-ring (bicyclic) bond motifs is 1. The molecule has 1 atom stereocenters. The van der Waals surface area contributed by atoms with E-state index in [1.165, 1.54) is 6.21 Å². The number of nitrogens with zero attached hydrogens (tertiary/aromatic N) is 3. The van der Waals surface area contributed by atoms with Crippen molar-refractivity contribution in [3.05, 3.63) is 38.9 Å². The third-order valence-electron chi connectivity index (χ3n) is 3.89. The Balaban J connectivity index is 2.32. The highest BCUT2D eigenvalue weighted by Crippen LogP contribution is 2.33. The lowest BCUT2D eigenvalue weighted by Crippen LogP contribution is -2.23. The number of anilines is 1. The maximum atomic E-state index is 10.8. The van der Waals surface area contributed by atoms with E-state index in [9.17, 15) is 10.1 Å². The first-order chi connectivity index (χ1) is 10.6. The number of nitro groups is 1. The van der Waals surface area contributed by atoms with E-state index in [1.807, 2.05) is 12.1 Å². The number of hydrogen-bond acceptors (Lipinski definition) is 5. The Hall–Kier alpha value is -1.82. The number of benzene rings is 1. The Kier molecular flexibility index (Phi) is 5.60. The molecule has 22 heavy (non-hydrogen) atoms. The molecule has 1 aromatic carbocycles. The van der Waals surface area contributed by atoms with Crippen LogP contribution in [-0.2, 0) is 12.8 Å². The Labute approximate surface area is 134 Å². The number of oxime groups is 1. The van der Waals surface area contributed by atoms with Gasteiger partial charge in [0.15, 0.2) is 0 Å². The van der Waals surface area contributed by atoms with Gasteiger partial charge in [-0.1, -0.05) is 11.2 Å². The summed E-state index contributed by atoms with van der Waals surface area (Å²) in [6.07, 6.45) is 3.55. The van der Waals surface area contributed by atoms with Gasteiger partial charge in [-0.2, -0.15) is 0 Å². The van der Waals surface area contributed by atoms with Crippen molar-refractivity contribution in [2.45, 2.75) is 32.2 Å². The van der Waals surface area contributed by atoms with E-state index in [2.05, 4.69) is 10.1 Å². The second kappa shape index (κ2) is 7.45. The van der Waals surface area contributed by atoms with Crippen LogP contribution in [0.4, 0.5) is 5.69 Å². The van der Waals surface area contributed by atoms with Crippen LogP contribution < -0.4 is 4.90 Å². The predicted octanol–water partition coefficient (Wildman–Crippen LogP) is 2.69. The molecule has 1 aromatic rings. The van der Waals surface area contributed by atoms with E-state index in [4.69, 9.17) is 16.8 Å². The summed E-state index contributed by atoms with van der Waals surface area (Å²) in [5.74, 6) is 0.605. The molecular weight excluding hydrogens is 306 g/mol. The lowest BCUT2D eigenvalue weighted by Gasteiger charge is -2.21. The first-order valence-electron chi connectivity index (χ1n) is 7.34. The van der Waals surface area contributed by atoms with Gasteiger partial charge in [0.25, 0.3) is 0 Å². The average molecular weight is 326 g/mol. The van der Waals surface area contributed by atoms with Crippen molar-refractivity contribution in [1.82, 2.24) is 0 Å². The van der Waals surface area contributed by atoms with Gasteiger partial charge in [0.1, 0.15) is 0 Å². The minimum Gasteiger partial charge on any atom is -0.411 e. The predicted molar refractivity (Wildman–Crippen MR) is 87.2 cm³/mol. The maximum absolute atomic E-state index is 10.8. The highest BCUT2D eigenvalue weighted by atomic mass is 35.5. The molecule has 0 aliphatic carbocycles. The Morgan fingerprint density at radius 1 is 1.59 bits per heavy atom. The van der Waals surface area contributed by atoms with Crippen molar-refractivity contribution in [2.75, 3.05) is 23.9 Å². The van der Waals surface area contributed by atoms with E-state index in [0.717, 1.165) is 48.3 Å². The molecule has 0 bridgehead atoms. The number of halogens is 1. The van der Waals surface area contributed by atoms with E-state index in [-0.39, 0.29) is 4.92 Å². The summed E-state index contributed by atoms with van der Waals surface area (Å²) in [6, 6.07) is 3.27. The molecule has 7 heteroatoms. The number of hydrogen-bond donors (Lipinski definition) is 1. The fourth-order valence-electron chi connectivity index (χ4n) is 2.90. The largest absolute Gasteiger partial charge is 0.411 e. The van der Waals surface area contributed by atoms with Gasteiger partial charge in [-0.3, -0.25) is 10.1 Å². The standard InChI is InChI=1S/C15H20ClN3O3/c1-11(19(21)22)7-12-8-13-3-6-18(5-2-4-16)15(13)14(9-12)10-17-20/h8-11,20H,2-7H2,1H3/b17-10+. The lowest BCUT2D eigenvalue weighted by atomic mass is 9.99. The van der Waals surface area contributed by atoms with Crippen molar-refractivity contribution in [3.63, 3.8) is 0 Å². The molecule has 0 amide bonds. The van der Waals surface area contributed by atoms with Crippen LogP contribution in [0.25, 0.3) is 0 Å². The molecule has 1 unspecified atom stereocenters. The molecule has 1 aliphatic rings. The zero-order valence-electron chi connectivity index (χ0n) is 12.5. The molecule has 6 nitrogen and oxygen atoms in total. The minimum absolute atomic E-state index is 0.278. The molecule has 1 aliphatic heterocycles. The second-order valence-corrected chi connectivity index (χ2v) is 5.93. The molecule has 0 fully saturated rings. The fraction of sp³-hybridized carbons (Fsp3) is 0.533. The topological polar surface area (TPSA) is 79.0 Å². The third-order valence-corrected chi connectivity index (χ3v) is 4.16. The van der Waals surface area contributed by atoms with Crippen LogP contribution in [0.5, 0.6) is 0 Å². The zero-order chi connectivity index (χ0) is 16.1. The molecular formula is C15H20ClN3O3. The average Bonchev–Trinajstić information content (AvgIpc) is 2.88. The molecule has 120 valence electrons. The Morgan fingerprint density at radius 2 is 2.36 bits per heavy atom. The van der Waals surface area contributed by atoms with Crippen molar-refractivity contribution < 1.29 is 10.1 Å². The lowest BCUT2D eigenvalue weighted by molar-refractivity contribution is -0.517. The molecule has 0 aromatic heterocycles. The van der Waals surface area contributed by atoms with E-state index >= 15 is 0 Å². The minimum atomic E-state index is -0.634. The molecule has 0 spiro atoms. The summed E-state index contributed by atoms with van der Waals surface area (Å²) in [5, 5.41) is 22.9. The second-order valence-electron chi connectivity index (χ2n) is 5.56. The molecule has 0 saturated carbocycles. The van der Waals surface area contributed by atoms with Crippen molar-refractivity contribution in [3.8, 4) is 0 Å². The van der Waals surface area contributed by atoms with Gasteiger partial charge in [0.2, 0.25) is 6.04 Å². The van der Waals surface area contributed by atoms with Gasteiger partial charge in [0, 0.05) is 48.5 Å². The SMILES string of the molecule is CC(Cc1cc(/C=N/O)c2c(c1)CCN2CCCCl)[N+](=O)[O-].